The lowest BCUT2D eigenvalue weighted by Gasteiger charge is -2.37. The quantitative estimate of drug-likeness (QED) is 0.568. The molecule has 9 heteroatoms. The van der Waals surface area contributed by atoms with Gasteiger partial charge < -0.3 is 4.90 Å². The zero-order valence-electron chi connectivity index (χ0n) is 17.8. The van der Waals surface area contributed by atoms with E-state index in [9.17, 15) is 13.2 Å². The number of piperidine rings is 1. The summed E-state index contributed by atoms with van der Waals surface area (Å²) in [5.74, 6) is 0.376. The summed E-state index contributed by atoms with van der Waals surface area (Å²) >= 11 is 2.94. The second kappa shape index (κ2) is 9.21. The maximum absolute atomic E-state index is 13.5. The van der Waals surface area contributed by atoms with Crippen LogP contribution in [0.25, 0.3) is 10.2 Å². The van der Waals surface area contributed by atoms with Crippen LogP contribution in [0, 0.1) is 5.92 Å². The topological polar surface area (TPSA) is 79.4 Å². The summed E-state index contributed by atoms with van der Waals surface area (Å²) in [6.45, 7) is 1.19. The molecule has 170 valence electrons. The van der Waals surface area contributed by atoms with Gasteiger partial charge in [-0.25, -0.2) is 18.1 Å². The van der Waals surface area contributed by atoms with E-state index in [0.717, 1.165) is 36.2 Å². The minimum absolute atomic E-state index is 0.0244. The van der Waals surface area contributed by atoms with Gasteiger partial charge in [0.05, 0.1) is 15.2 Å². The summed E-state index contributed by atoms with van der Waals surface area (Å²) in [7, 11) is -3.47. The molecular weight excluding hydrogens is 462 g/mol. The molecule has 2 atom stereocenters. The van der Waals surface area contributed by atoms with E-state index < -0.39 is 10.0 Å². The molecule has 1 saturated heterocycles. The van der Waals surface area contributed by atoms with Crippen molar-refractivity contribution >= 4 is 48.8 Å². The van der Waals surface area contributed by atoms with Gasteiger partial charge in [-0.2, -0.15) is 0 Å². The van der Waals surface area contributed by atoms with Gasteiger partial charge in [-0.05, 0) is 49.3 Å². The maximum Gasteiger partial charge on any atom is 0.250 e. The zero-order valence-corrected chi connectivity index (χ0v) is 20.2. The lowest BCUT2D eigenvalue weighted by Crippen LogP contribution is -2.48. The Morgan fingerprint density at radius 3 is 2.56 bits per heavy atom. The SMILES string of the molecule is O=C(C1CCCCC1c1nc2ccccc2s1)N1CCC(NS(=O)(=O)c2cccs2)CC1. The lowest BCUT2D eigenvalue weighted by molar-refractivity contribution is -0.138. The van der Waals surface area contributed by atoms with Gasteiger partial charge in [-0.15, -0.1) is 22.7 Å². The number of hydrogen-bond donors (Lipinski definition) is 1. The fraction of sp³-hybridized carbons (Fsp3) is 0.478. The summed E-state index contributed by atoms with van der Waals surface area (Å²) in [6, 6.07) is 11.4. The van der Waals surface area contributed by atoms with Crippen molar-refractivity contribution in [3.05, 3.63) is 46.8 Å². The fourth-order valence-electron chi connectivity index (χ4n) is 4.92. The normalized spacial score (nSPS) is 22.9. The Bertz CT molecular complexity index is 1150. The van der Waals surface area contributed by atoms with Crippen molar-refractivity contribution in [2.24, 2.45) is 5.92 Å². The molecular formula is C23H27N3O3S3. The van der Waals surface area contributed by atoms with Gasteiger partial charge in [0.2, 0.25) is 15.9 Å². The highest BCUT2D eigenvalue weighted by Crippen LogP contribution is 2.42. The molecule has 2 aromatic heterocycles. The minimum atomic E-state index is -3.47. The van der Waals surface area contributed by atoms with Crippen LogP contribution in [-0.4, -0.2) is 43.3 Å². The van der Waals surface area contributed by atoms with Crippen molar-refractivity contribution in [3.63, 3.8) is 0 Å². The minimum Gasteiger partial charge on any atom is -0.342 e. The number of thiazole rings is 1. The molecule has 1 aromatic carbocycles. The number of carbonyl (C=O) groups is 1. The summed E-state index contributed by atoms with van der Waals surface area (Å²) < 4.78 is 29.4. The number of sulfonamides is 1. The standard InChI is InChI=1S/C23H27N3O3S3/c27-23(26-13-11-16(12-14-26)25-32(28,29)21-10-5-15-30-21)18-7-2-1-6-17(18)22-24-19-8-3-4-9-20(19)31-22/h3-5,8-10,15-18,25H,1-2,6-7,11-14H2. The van der Waals surface area contributed by atoms with E-state index >= 15 is 0 Å². The molecule has 2 aliphatic rings. The molecule has 0 radical (unpaired) electrons. The van der Waals surface area contributed by atoms with E-state index in [-0.39, 0.29) is 23.8 Å². The molecule has 3 aromatic rings. The van der Waals surface area contributed by atoms with Gasteiger partial charge in [-0.1, -0.05) is 31.0 Å². The predicted molar refractivity (Wildman–Crippen MR) is 129 cm³/mol. The third-order valence-electron chi connectivity index (χ3n) is 6.60. The number of nitrogens with zero attached hydrogens (tertiary/aromatic N) is 2. The molecule has 0 spiro atoms. The number of nitrogens with one attached hydrogen (secondary N) is 1. The van der Waals surface area contributed by atoms with Crippen LogP contribution in [0.3, 0.4) is 0 Å². The fourth-order valence-corrected chi connectivity index (χ4v) is 8.40. The average Bonchev–Trinajstić information content (AvgIpc) is 3.49. The first kappa shape index (κ1) is 22.0. The van der Waals surface area contributed by atoms with Gasteiger partial charge in [0.1, 0.15) is 4.21 Å². The van der Waals surface area contributed by atoms with Crippen LogP contribution in [0.2, 0.25) is 0 Å². The number of para-hydroxylation sites is 1. The summed E-state index contributed by atoms with van der Waals surface area (Å²) in [5, 5.41) is 2.85. The molecule has 2 fully saturated rings. The van der Waals surface area contributed by atoms with E-state index in [1.165, 1.54) is 16.0 Å². The Balaban J connectivity index is 1.24. The maximum atomic E-state index is 13.5. The smallest absolute Gasteiger partial charge is 0.250 e. The third kappa shape index (κ3) is 4.48. The van der Waals surface area contributed by atoms with Crippen molar-refractivity contribution in [2.75, 3.05) is 13.1 Å². The molecule has 6 nitrogen and oxygen atoms in total. The Kier molecular flexibility index (Phi) is 6.33. The van der Waals surface area contributed by atoms with Gasteiger partial charge in [0.25, 0.3) is 0 Å². The first-order valence-corrected chi connectivity index (χ1v) is 14.4. The van der Waals surface area contributed by atoms with Crippen LogP contribution in [-0.2, 0) is 14.8 Å². The number of benzene rings is 1. The first-order chi connectivity index (χ1) is 15.5. The number of fused-ring (bicyclic) bond motifs is 1. The Hall–Kier alpha value is -1.81. The molecule has 2 unspecified atom stereocenters. The highest BCUT2D eigenvalue weighted by atomic mass is 32.2. The molecule has 1 aliphatic carbocycles. The Morgan fingerprint density at radius 1 is 1.03 bits per heavy atom. The van der Waals surface area contributed by atoms with E-state index in [1.54, 1.807) is 28.8 Å². The molecule has 0 bridgehead atoms. The van der Waals surface area contributed by atoms with E-state index in [1.807, 2.05) is 23.1 Å². The number of carbonyl (C=O) groups excluding carboxylic acids is 1. The summed E-state index contributed by atoms with van der Waals surface area (Å²) in [6.07, 6.45) is 5.42. The number of rotatable bonds is 5. The Morgan fingerprint density at radius 2 is 1.81 bits per heavy atom. The second-order valence-electron chi connectivity index (χ2n) is 8.67. The molecule has 32 heavy (non-hydrogen) atoms. The number of aromatic nitrogens is 1. The number of hydrogen-bond acceptors (Lipinski definition) is 6. The van der Waals surface area contributed by atoms with Crippen LogP contribution >= 0.6 is 22.7 Å². The van der Waals surface area contributed by atoms with Crippen molar-refractivity contribution in [1.82, 2.24) is 14.6 Å². The van der Waals surface area contributed by atoms with Crippen molar-refractivity contribution in [1.29, 1.82) is 0 Å². The van der Waals surface area contributed by atoms with E-state index in [2.05, 4.69) is 10.8 Å². The highest BCUT2D eigenvalue weighted by molar-refractivity contribution is 7.91. The van der Waals surface area contributed by atoms with Gasteiger partial charge in [0, 0.05) is 31.0 Å². The van der Waals surface area contributed by atoms with Crippen LogP contribution in [0.15, 0.2) is 46.0 Å². The first-order valence-electron chi connectivity index (χ1n) is 11.2. The van der Waals surface area contributed by atoms with E-state index in [0.29, 0.717) is 30.1 Å². The van der Waals surface area contributed by atoms with Crippen molar-refractivity contribution in [3.8, 4) is 0 Å². The molecule has 1 N–H and O–H groups in total. The van der Waals surface area contributed by atoms with Crippen molar-refractivity contribution in [2.45, 2.75) is 54.7 Å². The van der Waals surface area contributed by atoms with Crippen LogP contribution in [0.5, 0.6) is 0 Å². The van der Waals surface area contributed by atoms with Gasteiger partial charge in [0.15, 0.2) is 0 Å². The van der Waals surface area contributed by atoms with Crippen molar-refractivity contribution < 1.29 is 13.2 Å². The molecule has 1 amide bonds. The number of likely N-dealkylation sites (tertiary alicyclic amines) is 1. The monoisotopic (exact) mass is 489 g/mol. The van der Waals surface area contributed by atoms with Crippen LogP contribution in [0.4, 0.5) is 0 Å². The molecule has 1 saturated carbocycles. The molecule has 3 heterocycles. The zero-order chi connectivity index (χ0) is 22.1. The summed E-state index contributed by atoms with van der Waals surface area (Å²) in [4.78, 5) is 20.3. The average molecular weight is 490 g/mol. The van der Waals surface area contributed by atoms with Gasteiger partial charge >= 0.3 is 0 Å². The number of amides is 1. The second-order valence-corrected chi connectivity index (χ2v) is 12.6. The number of thiophene rings is 1. The predicted octanol–water partition coefficient (Wildman–Crippen LogP) is 4.60. The van der Waals surface area contributed by atoms with Crippen LogP contribution < -0.4 is 4.72 Å². The third-order valence-corrected chi connectivity index (χ3v) is 10.7. The van der Waals surface area contributed by atoms with Gasteiger partial charge in [-0.3, -0.25) is 4.79 Å². The largest absolute Gasteiger partial charge is 0.342 e. The van der Waals surface area contributed by atoms with Crippen LogP contribution in [0.1, 0.15) is 49.5 Å². The molecule has 1 aliphatic heterocycles. The lowest BCUT2D eigenvalue weighted by atomic mass is 9.78. The summed E-state index contributed by atoms with van der Waals surface area (Å²) in [5.41, 5.74) is 1.02. The van der Waals surface area contributed by atoms with E-state index in [4.69, 9.17) is 4.98 Å². The Labute approximate surface area is 196 Å². The highest BCUT2D eigenvalue weighted by Gasteiger charge is 2.37. The molecule has 5 rings (SSSR count).